The van der Waals surface area contributed by atoms with E-state index in [1.807, 2.05) is 67.6 Å². The molecular formula is C22H26F3N. The van der Waals surface area contributed by atoms with Crippen molar-refractivity contribution < 1.29 is 13.2 Å². The van der Waals surface area contributed by atoms with Gasteiger partial charge in [0, 0.05) is 13.1 Å². The Hall–Kier alpha value is -2.23. The van der Waals surface area contributed by atoms with E-state index in [0.717, 1.165) is 30.4 Å². The fraction of sp³-hybridized carbons (Fsp3) is 0.364. The van der Waals surface area contributed by atoms with Gasteiger partial charge in [-0.2, -0.15) is 13.2 Å². The minimum absolute atomic E-state index is 0.231. The molecule has 0 aromatic heterocycles. The van der Waals surface area contributed by atoms with E-state index in [4.69, 9.17) is 0 Å². The fourth-order valence-electron chi connectivity index (χ4n) is 2.89. The van der Waals surface area contributed by atoms with Gasteiger partial charge in [0.2, 0.25) is 0 Å². The van der Waals surface area contributed by atoms with Crippen molar-refractivity contribution in [3.05, 3.63) is 83.6 Å². The largest absolute Gasteiger partial charge is 0.430 e. The number of alkyl halides is 3. The highest BCUT2D eigenvalue weighted by molar-refractivity contribution is 5.21. The monoisotopic (exact) mass is 361 g/mol. The summed E-state index contributed by atoms with van der Waals surface area (Å²) in [7, 11) is 0. The average molecular weight is 361 g/mol. The van der Waals surface area contributed by atoms with Gasteiger partial charge >= 0.3 is 6.18 Å². The Morgan fingerprint density at radius 2 is 1.35 bits per heavy atom. The molecule has 0 saturated carbocycles. The Labute approximate surface area is 154 Å². The van der Waals surface area contributed by atoms with Gasteiger partial charge < -0.3 is 4.90 Å². The van der Waals surface area contributed by atoms with E-state index in [-0.39, 0.29) is 13.1 Å². The van der Waals surface area contributed by atoms with Crippen LogP contribution in [0.15, 0.2) is 72.4 Å². The van der Waals surface area contributed by atoms with Crippen molar-refractivity contribution in [2.75, 3.05) is 0 Å². The second-order valence-corrected chi connectivity index (χ2v) is 6.41. The third kappa shape index (κ3) is 6.58. The van der Waals surface area contributed by atoms with Crippen LogP contribution in [0.2, 0.25) is 0 Å². The third-order valence-corrected chi connectivity index (χ3v) is 4.21. The standard InChI is InChI=1S/C22H26F3N/c1-2-3-4-11-16-21(22(23,24)25)26(17-19-12-7-5-8-13-19)18-20-14-9-6-10-15-20/h5-10,12-16H,2-4,11,17-18H2,1H3/b21-16+. The summed E-state index contributed by atoms with van der Waals surface area (Å²) in [5.41, 5.74) is 1.19. The van der Waals surface area contributed by atoms with E-state index in [1.165, 1.54) is 11.0 Å². The normalized spacial score (nSPS) is 12.2. The number of hydrogen-bond acceptors (Lipinski definition) is 1. The fourth-order valence-corrected chi connectivity index (χ4v) is 2.89. The first kappa shape index (κ1) is 20.1. The molecule has 0 atom stereocenters. The van der Waals surface area contributed by atoms with Gasteiger partial charge in [0.15, 0.2) is 0 Å². The highest BCUT2D eigenvalue weighted by atomic mass is 19.4. The smallest absolute Gasteiger partial charge is 0.359 e. The number of benzene rings is 2. The van der Waals surface area contributed by atoms with E-state index >= 15 is 0 Å². The van der Waals surface area contributed by atoms with E-state index in [2.05, 4.69) is 0 Å². The summed E-state index contributed by atoms with van der Waals surface area (Å²) in [4.78, 5) is 1.44. The number of hydrogen-bond donors (Lipinski definition) is 0. The first-order valence-electron chi connectivity index (χ1n) is 9.11. The van der Waals surface area contributed by atoms with E-state index in [0.29, 0.717) is 6.42 Å². The number of allylic oxidation sites excluding steroid dienone is 2. The molecule has 26 heavy (non-hydrogen) atoms. The molecule has 1 nitrogen and oxygen atoms in total. The second kappa shape index (κ2) is 10.0. The zero-order chi connectivity index (χ0) is 18.8. The SMILES string of the molecule is CCCCC/C=C(/N(Cc1ccccc1)Cc1ccccc1)C(F)(F)F. The Morgan fingerprint density at radius 1 is 0.846 bits per heavy atom. The third-order valence-electron chi connectivity index (χ3n) is 4.21. The second-order valence-electron chi connectivity index (χ2n) is 6.41. The molecule has 0 bridgehead atoms. The van der Waals surface area contributed by atoms with Crippen LogP contribution in [0.1, 0.15) is 43.7 Å². The molecule has 2 aromatic carbocycles. The van der Waals surface area contributed by atoms with Crippen LogP contribution in [0.25, 0.3) is 0 Å². The summed E-state index contributed by atoms with van der Waals surface area (Å²) in [5, 5.41) is 0. The van der Waals surface area contributed by atoms with Crippen molar-refractivity contribution in [3.8, 4) is 0 Å². The van der Waals surface area contributed by atoms with Crippen molar-refractivity contribution in [2.24, 2.45) is 0 Å². The van der Waals surface area contributed by atoms with Crippen molar-refractivity contribution in [2.45, 2.75) is 51.9 Å². The minimum Gasteiger partial charge on any atom is -0.359 e. The van der Waals surface area contributed by atoms with E-state index < -0.39 is 11.9 Å². The van der Waals surface area contributed by atoms with Crippen LogP contribution in [-0.2, 0) is 13.1 Å². The van der Waals surface area contributed by atoms with E-state index in [9.17, 15) is 13.2 Å². The van der Waals surface area contributed by atoms with Crippen molar-refractivity contribution in [3.63, 3.8) is 0 Å². The number of halogens is 3. The van der Waals surface area contributed by atoms with Crippen LogP contribution >= 0.6 is 0 Å². The maximum atomic E-state index is 13.8. The zero-order valence-electron chi connectivity index (χ0n) is 15.2. The van der Waals surface area contributed by atoms with Gasteiger partial charge in [-0.25, -0.2) is 0 Å². The van der Waals surface area contributed by atoms with Crippen LogP contribution < -0.4 is 0 Å². The molecule has 0 aliphatic heterocycles. The van der Waals surface area contributed by atoms with Crippen LogP contribution in [0.4, 0.5) is 13.2 Å². The van der Waals surface area contributed by atoms with Crippen molar-refractivity contribution in [1.82, 2.24) is 4.90 Å². The molecule has 0 radical (unpaired) electrons. The molecule has 0 heterocycles. The Balaban J connectivity index is 2.27. The molecule has 2 rings (SSSR count). The Morgan fingerprint density at radius 3 is 1.77 bits per heavy atom. The quantitative estimate of drug-likeness (QED) is 0.448. The molecule has 0 fully saturated rings. The molecular weight excluding hydrogens is 335 g/mol. The predicted octanol–water partition coefficient (Wildman–Crippen LogP) is 6.72. The lowest BCUT2D eigenvalue weighted by Crippen LogP contribution is -2.31. The Bertz CT molecular complexity index is 621. The number of nitrogens with zero attached hydrogens (tertiary/aromatic N) is 1. The van der Waals surface area contributed by atoms with Gasteiger partial charge in [0.1, 0.15) is 5.70 Å². The maximum absolute atomic E-state index is 13.8. The average Bonchev–Trinajstić information content (AvgIpc) is 2.62. The summed E-state index contributed by atoms with van der Waals surface area (Å²) in [5.74, 6) is 0. The van der Waals surface area contributed by atoms with Gasteiger partial charge in [-0.05, 0) is 24.0 Å². The first-order chi connectivity index (χ1) is 12.5. The first-order valence-corrected chi connectivity index (χ1v) is 9.11. The molecule has 0 spiro atoms. The highest BCUT2D eigenvalue weighted by Crippen LogP contribution is 2.31. The number of unbranched alkanes of at least 4 members (excludes halogenated alkanes) is 3. The summed E-state index contributed by atoms with van der Waals surface area (Å²) in [6, 6.07) is 18.6. The van der Waals surface area contributed by atoms with Crippen molar-refractivity contribution >= 4 is 0 Å². The lowest BCUT2D eigenvalue weighted by Gasteiger charge is -2.29. The van der Waals surface area contributed by atoms with Crippen LogP contribution in [0.5, 0.6) is 0 Å². The topological polar surface area (TPSA) is 3.24 Å². The molecule has 0 amide bonds. The summed E-state index contributed by atoms with van der Waals surface area (Å²) < 4.78 is 41.3. The molecule has 0 saturated heterocycles. The summed E-state index contributed by atoms with van der Waals surface area (Å²) in [6.45, 7) is 2.51. The van der Waals surface area contributed by atoms with Gasteiger partial charge in [-0.1, -0.05) is 86.5 Å². The molecule has 4 heteroatoms. The van der Waals surface area contributed by atoms with Crippen LogP contribution in [0, 0.1) is 0 Å². The molecule has 140 valence electrons. The van der Waals surface area contributed by atoms with Crippen LogP contribution in [0.3, 0.4) is 0 Å². The molecule has 0 aliphatic carbocycles. The molecule has 0 N–H and O–H groups in total. The summed E-state index contributed by atoms with van der Waals surface area (Å²) in [6.07, 6.45) is 0.159. The summed E-state index contributed by atoms with van der Waals surface area (Å²) >= 11 is 0. The zero-order valence-corrected chi connectivity index (χ0v) is 15.2. The lowest BCUT2D eigenvalue weighted by molar-refractivity contribution is -0.113. The van der Waals surface area contributed by atoms with E-state index in [1.54, 1.807) is 0 Å². The lowest BCUT2D eigenvalue weighted by atomic mass is 10.1. The maximum Gasteiger partial charge on any atom is 0.430 e. The van der Waals surface area contributed by atoms with Crippen molar-refractivity contribution in [1.29, 1.82) is 0 Å². The Kier molecular flexibility index (Phi) is 7.76. The van der Waals surface area contributed by atoms with Gasteiger partial charge in [-0.3, -0.25) is 0 Å². The van der Waals surface area contributed by atoms with Gasteiger partial charge in [0.25, 0.3) is 0 Å². The minimum atomic E-state index is -4.37. The van der Waals surface area contributed by atoms with Gasteiger partial charge in [0.05, 0.1) is 0 Å². The number of rotatable bonds is 9. The predicted molar refractivity (Wildman–Crippen MR) is 100 cm³/mol. The highest BCUT2D eigenvalue weighted by Gasteiger charge is 2.37. The molecule has 0 aliphatic rings. The molecule has 2 aromatic rings. The van der Waals surface area contributed by atoms with Crippen LogP contribution in [-0.4, -0.2) is 11.1 Å². The van der Waals surface area contributed by atoms with Gasteiger partial charge in [-0.15, -0.1) is 0 Å². The molecule has 0 unspecified atom stereocenters.